The van der Waals surface area contributed by atoms with Crippen molar-refractivity contribution in [2.24, 2.45) is 0 Å². The molecule has 2 aliphatic heterocycles. The Morgan fingerprint density at radius 1 is 0.412 bits per heavy atom. The van der Waals surface area contributed by atoms with Gasteiger partial charge >= 0.3 is 0 Å². The van der Waals surface area contributed by atoms with E-state index in [1.165, 1.54) is 276 Å². The van der Waals surface area contributed by atoms with Crippen LogP contribution in [0.4, 0.5) is 0 Å². The predicted octanol–water partition coefficient (Wildman–Crippen LogP) is 15.0. The highest BCUT2D eigenvalue weighted by molar-refractivity contribution is 5.76. The van der Waals surface area contributed by atoms with Gasteiger partial charge in [0.1, 0.15) is 48.8 Å². The lowest BCUT2D eigenvalue weighted by molar-refractivity contribution is -0.359. The normalized spacial score (nSPS) is 23.5. The number of aliphatic hydroxyl groups is 8. The van der Waals surface area contributed by atoms with Crippen LogP contribution < -0.4 is 5.32 Å². The van der Waals surface area contributed by atoms with Crippen LogP contribution in [0.3, 0.4) is 0 Å². The zero-order valence-electron chi connectivity index (χ0n) is 54.9. The SMILES string of the molecule is CCCCCCCCCCCCCCCCCCCCCCCCCC/C=C/C(O)C(COC1OC(CO)C(OC2OC(CO)C(O)C(O)C2O)C(O)C1O)NC(=O)CCCCCCCCCCCCCCCCCCCCCCCCCCC. The average Bonchev–Trinajstić information content (AvgIpc) is 3.52. The number of carbonyl (C=O) groups is 1. The largest absolute Gasteiger partial charge is 0.394 e. The number of nitrogens with one attached hydrogen (secondary N) is 1. The summed E-state index contributed by atoms with van der Waals surface area (Å²) in [4.78, 5) is 13.3. The maximum Gasteiger partial charge on any atom is 0.220 e. The second kappa shape index (κ2) is 56.7. The minimum atomic E-state index is -1.79. The summed E-state index contributed by atoms with van der Waals surface area (Å²) in [6.07, 6.45) is 52.7. The van der Waals surface area contributed by atoms with E-state index < -0.39 is 86.8 Å². The molecule has 2 aliphatic rings. The van der Waals surface area contributed by atoms with Crippen LogP contribution in [-0.2, 0) is 23.7 Å². The summed E-state index contributed by atoms with van der Waals surface area (Å²) >= 11 is 0. The van der Waals surface area contributed by atoms with Gasteiger partial charge in [0.2, 0.25) is 5.91 Å². The quantitative estimate of drug-likeness (QED) is 0.0204. The van der Waals surface area contributed by atoms with Crippen LogP contribution in [0.1, 0.15) is 341 Å². The molecule has 2 saturated heterocycles. The van der Waals surface area contributed by atoms with E-state index >= 15 is 0 Å². The van der Waals surface area contributed by atoms with Crippen molar-refractivity contribution in [3.8, 4) is 0 Å². The van der Waals surface area contributed by atoms with Crippen LogP contribution in [0.15, 0.2) is 12.2 Å². The number of hydrogen-bond acceptors (Lipinski definition) is 13. The molecule has 12 atom stereocenters. The molecule has 0 aliphatic carbocycles. The van der Waals surface area contributed by atoms with Crippen molar-refractivity contribution in [3.63, 3.8) is 0 Å². The number of allylic oxidation sites excluding steroid dienone is 1. The molecule has 12 unspecified atom stereocenters. The predicted molar refractivity (Wildman–Crippen MR) is 346 cm³/mol. The second-order valence-corrected chi connectivity index (χ2v) is 26.1. The van der Waals surface area contributed by atoms with Crippen LogP contribution in [0.5, 0.6) is 0 Å². The summed E-state index contributed by atoms with van der Waals surface area (Å²) in [7, 11) is 0. The molecule has 0 spiro atoms. The molecule has 0 saturated carbocycles. The van der Waals surface area contributed by atoms with Gasteiger partial charge in [0.15, 0.2) is 12.6 Å². The van der Waals surface area contributed by atoms with E-state index in [2.05, 4.69) is 19.2 Å². The molecule has 85 heavy (non-hydrogen) atoms. The van der Waals surface area contributed by atoms with Crippen molar-refractivity contribution in [1.29, 1.82) is 0 Å². The smallest absolute Gasteiger partial charge is 0.220 e. The fourth-order valence-electron chi connectivity index (χ4n) is 12.4. The molecule has 2 heterocycles. The molecule has 14 nitrogen and oxygen atoms in total. The van der Waals surface area contributed by atoms with Crippen molar-refractivity contribution >= 4 is 5.91 Å². The minimum absolute atomic E-state index is 0.230. The average molecular weight is 1210 g/mol. The van der Waals surface area contributed by atoms with Gasteiger partial charge in [-0.15, -0.1) is 0 Å². The maximum absolute atomic E-state index is 13.3. The van der Waals surface area contributed by atoms with E-state index in [1.54, 1.807) is 6.08 Å². The van der Waals surface area contributed by atoms with Crippen LogP contribution >= 0.6 is 0 Å². The van der Waals surface area contributed by atoms with E-state index in [0.29, 0.717) is 0 Å². The van der Waals surface area contributed by atoms with E-state index in [1.807, 2.05) is 6.08 Å². The highest BCUT2D eigenvalue weighted by Crippen LogP contribution is 2.30. The number of rotatable bonds is 61. The fourth-order valence-corrected chi connectivity index (χ4v) is 12.4. The number of hydrogen-bond donors (Lipinski definition) is 9. The molecule has 1 amide bonds. The molecule has 0 aromatic carbocycles. The Bertz CT molecular complexity index is 1470. The Kier molecular flexibility index (Phi) is 53.2. The molecule has 9 N–H and O–H groups in total. The molecule has 2 rings (SSSR count). The molecule has 0 aromatic rings. The summed E-state index contributed by atoms with van der Waals surface area (Å²) in [6, 6.07) is -0.911. The highest BCUT2D eigenvalue weighted by Gasteiger charge is 2.51. The molecule has 0 aromatic heterocycles. The van der Waals surface area contributed by atoms with Gasteiger partial charge in [0.25, 0.3) is 0 Å². The summed E-state index contributed by atoms with van der Waals surface area (Å²) in [5.74, 6) is -0.230. The topological polar surface area (TPSA) is 228 Å². The Balaban J connectivity index is 1.67. The number of ether oxygens (including phenoxy) is 4. The number of unbranched alkanes of at least 4 members (excludes halogenated alkanes) is 48. The second-order valence-electron chi connectivity index (χ2n) is 26.1. The zero-order valence-corrected chi connectivity index (χ0v) is 54.9. The van der Waals surface area contributed by atoms with Gasteiger partial charge in [-0.05, 0) is 19.3 Å². The minimum Gasteiger partial charge on any atom is -0.394 e. The van der Waals surface area contributed by atoms with Crippen molar-refractivity contribution in [1.82, 2.24) is 5.32 Å². The number of carbonyl (C=O) groups excluding carboxylic acids is 1. The van der Waals surface area contributed by atoms with Gasteiger partial charge in [0, 0.05) is 6.42 Å². The molecule has 14 heteroatoms. The van der Waals surface area contributed by atoms with Crippen LogP contribution in [0.25, 0.3) is 0 Å². The molecular weight excluding hydrogens is 1070 g/mol. The van der Waals surface area contributed by atoms with E-state index in [9.17, 15) is 45.6 Å². The Morgan fingerprint density at radius 3 is 1.08 bits per heavy atom. The van der Waals surface area contributed by atoms with Gasteiger partial charge in [-0.1, -0.05) is 328 Å². The summed E-state index contributed by atoms with van der Waals surface area (Å²) in [5.41, 5.74) is 0. The van der Waals surface area contributed by atoms with E-state index in [4.69, 9.17) is 18.9 Å². The van der Waals surface area contributed by atoms with Crippen LogP contribution in [0, 0.1) is 0 Å². The van der Waals surface area contributed by atoms with Gasteiger partial charge < -0.3 is 65.1 Å². The first-order valence-corrected chi connectivity index (χ1v) is 36.4. The zero-order chi connectivity index (χ0) is 61.6. The maximum atomic E-state index is 13.3. The molecule has 0 bridgehead atoms. The highest BCUT2D eigenvalue weighted by atomic mass is 16.7. The first kappa shape index (κ1) is 79.8. The molecule has 504 valence electrons. The molecular formula is C71H137NO13. The Labute approximate surface area is 520 Å². The van der Waals surface area contributed by atoms with Crippen molar-refractivity contribution in [2.75, 3.05) is 19.8 Å². The van der Waals surface area contributed by atoms with E-state index in [0.717, 1.165) is 44.9 Å². The van der Waals surface area contributed by atoms with Crippen molar-refractivity contribution < 1.29 is 64.6 Å². The van der Waals surface area contributed by atoms with Gasteiger partial charge in [-0.2, -0.15) is 0 Å². The lowest BCUT2D eigenvalue weighted by Crippen LogP contribution is -2.65. The first-order chi connectivity index (χ1) is 41.6. The van der Waals surface area contributed by atoms with Crippen LogP contribution in [0.2, 0.25) is 0 Å². The lowest BCUT2D eigenvalue weighted by atomic mass is 9.97. The third kappa shape index (κ3) is 41.0. The number of aliphatic hydroxyl groups excluding tert-OH is 8. The van der Waals surface area contributed by atoms with Gasteiger partial charge in [-0.3, -0.25) is 4.79 Å². The standard InChI is InChI=1S/C71H137NO13/c1-3-5-7-9-11-13-15-17-19-21-23-25-27-29-31-32-34-36-38-40-42-44-46-48-50-52-54-60(75)59(58-82-70-68(81)66(79)69(62(57-74)84-70)85-71-67(80)65(78)64(77)61(56-73)83-71)72-63(76)55-53-51-49-47-45-43-41-39-37-35-33-30-28-26-24-22-20-18-16-14-12-10-8-6-4-2/h52,54,59-62,64-71,73-75,77-81H,3-51,53,55-58H2,1-2H3,(H,72,76)/b54-52+. The summed E-state index contributed by atoms with van der Waals surface area (Å²) in [5, 5.41) is 87.5. The molecule has 2 fully saturated rings. The Morgan fingerprint density at radius 2 is 0.729 bits per heavy atom. The third-order valence-corrected chi connectivity index (χ3v) is 18.2. The first-order valence-electron chi connectivity index (χ1n) is 36.4. The van der Waals surface area contributed by atoms with Gasteiger partial charge in [-0.25, -0.2) is 0 Å². The van der Waals surface area contributed by atoms with Crippen molar-refractivity contribution in [3.05, 3.63) is 12.2 Å². The van der Waals surface area contributed by atoms with E-state index in [-0.39, 0.29) is 18.9 Å². The Hall–Kier alpha value is -1.27. The molecule has 0 radical (unpaired) electrons. The lowest BCUT2D eigenvalue weighted by Gasteiger charge is -2.46. The summed E-state index contributed by atoms with van der Waals surface area (Å²) in [6.45, 7) is 2.87. The van der Waals surface area contributed by atoms with Gasteiger partial charge in [0.05, 0.1) is 32.0 Å². The van der Waals surface area contributed by atoms with Crippen molar-refractivity contribution in [2.45, 2.75) is 415 Å². The number of amides is 1. The fraction of sp³-hybridized carbons (Fsp3) is 0.958. The monoisotopic (exact) mass is 1210 g/mol. The summed E-state index contributed by atoms with van der Waals surface area (Å²) < 4.78 is 22.9. The third-order valence-electron chi connectivity index (χ3n) is 18.2. The van der Waals surface area contributed by atoms with Crippen LogP contribution in [-0.4, -0.2) is 140 Å².